The zero-order chi connectivity index (χ0) is 15.6. The van der Waals surface area contributed by atoms with Crippen molar-refractivity contribution >= 4 is 15.5 Å². The largest absolute Gasteiger partial charge is 0.496 e. The van der Waals surface area contributed by atoms with Gasteiger partial charge >= 0.3 is 0 Å². The van der Waals surface area contributed by atoms with Crippen molar-refractivity contribution in [2.45, 2.75) is 13.0 Å². The minimum absolute atomic E-state index is 0.0694. The number of nitrogens with two attached hydrogens (primary N) is 1. The minimum Gasteiger partial charge on any atom is -0.496 e. The summed E-state index contributed by atoms with van der Waals surface area (Å²) in [7, 11) is -1.63. The molecule has 0 aliphatic rings. The van der Waals surface area contributed by atoms with Gasteiger partial charge in [-0.25, -0.2) is 13.1 Å². The van der Waals surface area contributed by atoms with Crippen molar-refractivity contribution in [3.8, 4) is 17.1 Å². The molecule has 0 saturated carbocycles. The fourth-order valence-electron chi connectivity index (χ4n) is 2.12. The van der Waals surface area contributed by atoms with E-state index in [1.165, 1.54) is 18.0 Å². The zero-order valence-electron chi connectivity index (χ0n) is 12.0. The predicted molar refractivity (Wildman–Crippen MR) is 78.6 cm³/mol. The lowest BCUT2D eigenvalue weighted by molar-refractivity contribution is 0.415. The Morgan fingerprint density at radius 2 is 2.14 bits per heavy atom. The third-order valence-electron chi connectivity index (χ3n) is 2.96. The summed E-state index contributed by atoms with van der Waals surface area (Å²) < 4.78 is 29.6. The lowest BCUT2D eigenvalue weighted by atomic mass is 10.1. The molecular weight excluding hydrogens is 294 g/mol. The lowest BCUT2D eigenvalue weighted by Crippen LogP contribution is -2.19. The number of ether oxygens (including phenoxy) is 1. The van der Waals surface area contributed by atoms with Crippen molar-refractivity contribution in [2.24, 2.45) is 0 Å². The molecule has 0 spiro atoms. The van der Waals surface area contributed by atoms with Crippen LogP contribution in [0.15, 0.2) is 18.2 Å². The smallest absolute Gasteiger partial charge is 0.188 e. The first kappa shape index (κ1) is 15.2. The maximum absolute atomic E-state index is 11.4. The van der Waals surface area contributed by atoms with Crippen LogP contribution in [0.5, 0.6) is 5.75 Å². The van der Waals surface area contributed by atoms with Gasteiger partial charge in [0.25, 0.3) is 0 Å². The highest BCUT2D eigenvalue weighted by Crippen LogP contribution is 2.34. The van der Waals surface area contributed by atoms with E-state index >= 15 is 0 Å². The second-order valence-corrected chi connectivity index (χ2v) is 7.00. The molecule has 2 aromatic rings. The number of aromatic nitrogens is 4. The third-order valence-corrected chi connectivity index (χ3v) is 4.04. The van der Waals surface area contributed by atoms with Crippen molar-refractivity contribution in [3.05, 3.63) is 18.2 Å². The summed E-state index contributed by atoms with van der Waals surface area (Å²) in [5.41, 5.74) is 6.98. The summed E-state index contributed by atoms with van der Waals surface area (Å²) in [6.07, 6.45) is 1.17. The van der Waals surface area contributed by atoms with Crippen LogP contribution in [0.4, 0.5) is 5.69 Å². The van der Waals surface area contributed by atoms with Crippen molar-refractivity contribution < 1.29 is 13.2 Å². The Bertz CT molecular complexity index is 741. The highest BCUT2D eigenvalue weighted by molar-refractivity contribution is 7.90. The first-order valence-electron chi connectivity index (χ1n) is 6.22. The molecule has 1 aromatic carbocycles. The number of sulfone groups is 1. The van der Waals surface area contributed by atoms with E-state index in [0.717, 1.165) is 0 Å². The fourth-order valence-corrected chi connectivity index (χ4v) is 3.14. The Morgan fingerprint density at radius 1 is 1.43 bits per heavy atom. The van der Waals surface area contributed by atoms with Crippen LogP contribution in [-0.2, 0) is 9.84 Å². The molecule has 8 nitrogen and oxygen atoms in total. The van der Waals surface area contributed by atoms with Gasteiger partial charge in [0.15, 0.2) is 5.82 Å². The second-order valence-electron chi connectivity index (χ2n) is 4.81. The molecule has 9 heteroatoms. The van der Waals surface area contributed by atoms with Gasteiger partial charge in [0.2, 0.25) is 0 Å². The van der Waals surface area contributed by atoms with Crippen LogP contribution in [0.1, 0.15) is 13.0 Å². The van der Waals surface area contributed by atoms with Gasteiger partial charge in [-0.1, -0.05) is 6.07 Å². The Kier molecular flexibility index (Phi) is 4.12. The van der Waals surface area contributed by atoms with Gasteiger partial charge < -0.3 is 10.5 Å². The summed E-state index contributed by atoms with van der Waals surface area (Å²) >= 11 is 0. The van der Waals surface area contributed by atoms with Crippen LogP contribution in [0.3, 0.4) is 0 Å². The molecule has 0 fully saturated rings. The molecule has 1 atom stereocenters. The van der Waals surface area contributed by atoms with E-state index in [2.05, 4.69) is 15.5 Å². The van der Waals surface area contributed by atoms with Gasteiger partial charge in [0, 0.05) is 11.9 Å². The van der Waals surface area contributed by atoms with Crippen molar-refractivity contribution in [2.75, 3.05) is 24.9 Å². The molecule has 21 heavy (non-hydrogen) atoms. The molecule has 0 aliphatic carbocycles. The molecule has 1 unspecified atom stereocenters. The monoisotopic (exact) mass is 311 g/mol. The number of hydrogen-bond acceptors (Lipinski definition) is 7. The maximum Gasteiger partial charge on any atom is 0.188 e. The van der Waals surface area contributed by atoms with E-state index in [9.17, 15) is 8.42 Å². The SMILES string of the molecule is COc1cccc(N)c1-c1nnnn1C(C)CS(C)(=O)=O. The van der Waals surface area contributed by atoms with Gasteiger partial charge in [0.05, 0.1) is 24.5 Å². The van der Waals surface area contributed by atoms with E-state index in [-0.39, 0.29) is 5.75 Å². The minimum atomic E-state index is -3.15. The number of tetrazole rings is 1. The van der Waals surface area contributed by atoms with E-state index < -0.39 is 15.9 Å². The van der Waals surface area contributed by atoms with Crippen molar-refractivity contribution in [3.63, 3.8) is 0 Å². The van der Waals surface area contributed by atoms with E-state index in [1.807, 2.05) is 0 Å². The van der Waals surface area contributed by atoms with Gasteiger partial charge in [-0.2, -0.15) is 0 Å². The standard InChI is InChI=1S/C12H17N5O3S/c1-8(7-21(3,18)19)17-12(14-15-16-17)11-9(13)5-4-6-10(11)20-2/h4-6,8H,7,13H2,1-3H3. The molecule has 0 bridgehead atoms. The van der Waals surface area contributed by atoms with Crippen LogP contribution < -0.4 is 10.5 Å². The van der Waals surface area contributed by atoms with Gasteiger partial charge in [-0.15, -0.1) is 5.10 Å². The van der Waals surface area contributed by atoms with Crippen LogP contribution in [0, 0.1) is 0 Å². The molecule has 114 valence electrons. The van der Waals surface area contributed by atoms with Gasteiger partial charge in [-0.05, 0) is 29.5 Å². The number of rotatable bonds is 5. The molecule has 2 N–H and O–H groups in total. The number of hydrogen-bond donors (Lipinski definition) is 1. The van der Waals surface area contributed by atoms with Crippen LogP contribution in [0.25, 0.3) is 11.4 Å². The fraction of sp³-hybridized carbons (Fsp3) is 0.417. The second kappa shape index (κ2) is 5.68. The highest BCUT2D eigenvalue weighted by atomic mass is 32.2. The van der Waals surface area contributed by atoms with Crippen LogP contribution in [0.2, 0.25) is 0 Å². The zero-order valence-corrected chi connectivity index (χ0v) is 12.8. The van der Waals surface area contributed by atoms with Gasteiger partial charge in [-0.3, -0.25) is 0 Å². The number of nitrogen functional groups attached to an aromatic ring is 1. The maximum atomic E-state index is 11.4. The molecule has 1 aromatic heterocycles. The number of benzene rings is 1. The molecule has 0 radical (unpaired) electrons. The summed E-state index contributed by atoms with van der Waals surface area (Å²) in [5.74, 6) is 0.832. The lowest BCUT2D eigenvalue weighted by Gasteiger charge is -2.15. The summed E-state index contributed by atoms with van der Waals surface area (Å²) in [6, 6.07) is 4.78. The normalized spacial score (nSPS) is 13.1. The third kappa shape index (κ3) is 3.30. The molecule has 0 saturated heterocycles. The van der Waals surface area contributed by atoms with E-state index in [4.69, 9.17) is 10.5 Å². The average molecular weight is 311 g/mol. The predicted octanol–water partition coefficient (Wildman–Crippen LogP) is 0.536. The Balaban J connectivity index is 2.51. The summed E-state index contributed by atoms with van der Waals surface area (Å²) in [4.78, 5) is 0. The molecule has 0 aliphatic heterocycles. The molecule has 1 heterocycles. The highest BCUT2D eigenvalue weighted by Gasteiger charge is 2.22. The first-order chi connectivity index (χ1) is 9.83. The Hall–Kier alpha value is -2.16. The van der Waals surface area contributed by atoms with E-state index in [0.29, 0.717) is 22.8 Å². The number of nitrogens with zero attached hydrogens (tertiary/aromatic N) is 4. The summed E-state index contributed by atoms with van der Waals surface area (Å²) in [5, 5.41) is 11.5. The van der Waals surface area contributed by atoms with Gasteiger partial charge in [0.1, 0.15) is 15.6 Å². The molecule has 2 rings (SSSR count). The number of methoxy groups -OCH3 is 1. The van der Waals surface area contributed by atoms with Crippen LogP contribution >= 0.6 is 0 Å². The van der Waals surface area contributed by atoms with Crippen LogP contribution in [-0.4, -0.2) is 47.7 Å². The Morgan fingerprint density at radius 3 is 2.76 bits per heavy atom. The molecule has 0 amide bonds. The molecular formula is C12H17N5O3S. The summed E-state index contributed by atoms with van der Waals surface area (Å²) in [6.45, 7) is 1.73. The first-order valence-corrected chi connectivity index (χ1v) is 8.28. The Labute approximate surface area is 122 Å². The topological polar surface area (TPSA) is 113 Å². The number of anilines is 1. The van der Waals surface area contributed by atoms with Crippen molar-refractivity contribution in [1.29, 1.82) is 0 Å². The van der Waals surface area contributed by atoms with Crippen molar-refractivity contribution in [1.82, 2.24) is 20.2 Å². The average Bonchev–Trinajstić information content (AvgIpc) is 2.85. The van der Waals surface area contributed by atoms with E-state index in [1.54, 1.807) is 25.1 Å². The quantitative estimate of drug-likeness (QED) is 0.801.